The largest absolute Gasteiger partial charge is 0.467 e. The van der Waals surface area contributed by atoms with Crippen molar-refractivity contribution < 1.29 is 4.42 Å². The number of likely N-dealkylation sites (N-methyl/N-ethyl adjacent to an activating group) is 1. The van der Waals surface area contributed by atoms with Crippen molar-refractivity contribution >= 4 is 17.3 Å². The van der Waals surface area contributed by atoms with Crippen LogP contribution in [-0.2, 0) is 6.54 Å². The summed E-state index contributed by atoms with van der Waals surface area (Å²) in [6.45, 7) is 3.14. The standard InChI is InChI=1S/C14H19ClN4O2/c1-10(12-5-4-8-21-12)17-11-9-16-19(7-6-18(2)3)14(20)13(11)15/h4-5,8-10,17H,6-7H2,1-3H3. The molecule has 0 aromatic carbocycles. The zero-order valence-electron chi connectivity index (χ0n) is 12.3. The van der Waals surface area contributed by atoms with Crippen LogP contribution in [0.5, 0.6) is 0 Å². The second kappa shape index (κ2) is 6.78. The maximum Gasteiger partial charge on any atom is 0.287 e. The van der Waals surface area contributed by atoms with Gasteiger partial charge in [0.1, 0.15) is 10.8 Å². The molecule has 1 N–H and O–H groups in total. The van der Waals surface area contributed by atoms with Crippen molar-refractivity contribution in [3.63, 3.8) is 0 Å². The lowest BCUT2D eigenvalue weighted by atomic mass is 10.2. The Kier molecular flexibility index (Phi) is 5.03. The van der Waals surface area contributed by atoms with Crippen LogP contribution in [0.2, 0.25) is 5.02 Å². The van der Waals surface area contributed by atoms with Gasteiger partial charge in [-0.05, 0) is 33.2 Å². The molecule has 0 radical (unpaired) electrons. The Balaban J connectivity index is 2.15. The summed E-state index contributed by atoms with van der Waals surface area (Å²) in [6.07, 6.45) is 3.17. The number of anilines is 1. The molecule has 0 saturated carbocycles. The van der Waals surface area contributed by atoms with E-state index in [-0.39, 0.29) is 16.6 Å². The number of hydrogen-bond donors (Lipinski definition) is 1. The van der Waals surface area contributed by atoms with Crippen molar-refractivity contribution in [2.24, 2.45) is 0 Å². The van der Waals surface area contributed by atoms with E-state index in [9.17, 15) is 4.79 Å². The molecule has 1 atom stereocenters. The molecule has 21 heavy (non-hydrogen) atoms. The van der Waals surface area contributed by atoms with Crippen molar-refractivity contribution in [3.05, 3.63) is 45.7 Å². The summed E-state index contributed by atoms with van der Waals surface area (Å²) < 4.78 is 6.68. The van der Waals surface area contributed by atoms with E-state index < -0.39 is 0 Å². The number of hydrogen-bond acceptors (Lipinski definition) is 5. The third-order valence-electron chi connectivity index (χ3n) is 3.09. The van der Waals surface area contributed by atoms with E-state index in [4.69, 9.17) is 16.0 Å². The van der Waals surface area contributed by atoms with E-state index in [2.05, 4.69) is 10.4 Å². The highest BCUT2D eigenvalue weighted by Crippen LogP contribution is 2.22. The first kappa shape index (κ1) is 15.6. The first-order valence-corrected chi connectivity index (χ1v) is 7.07. The van der Waals surface area contributed by atoms with Crippen LogP contribution in [0.15, 0.2) is 33.8 Å². The van der Waals surface area contributed by atoms with Gasteiger partial charge in [-0.25, -0.2) is 4.68 Å². The van der Waals surface area contributed by atoms with Crippen molar-refractivity contribution in [1.29, 1.82) is 0 Å². The Labute approximate surface area is 128 Å². The second-order valence-electron chi connectivity index (χ2n) is 5.09. The lowest BCUT2D eigenvalue weighted by Crippen LogP contribution is -2.29. The van der Waals surface area contributed by atoms with Crippen LogP contribution >= 0.6 is 11.6 Å². The van der Waals surface area contributed by atoms with Crippen LogP contribution < -0.4 is 10.9 Å². The molecule has 0 aliphatic carbocycles. The third kappa shape index (κ3) is 3.86. The van der Waals surface area contributed by atoms with Gasteiger partial charge >= 0.3 is 0 Å². The van der Waals surface area contributed by atoms with Crippen molar-refractivity contribution in [1.82, 2.24) is 14.7 Å². The van der Waals surface area contributed by atoms with Crippen LogP contribution in [-0.4, -0.2) is 35.3 Å². The van der Waals surface area contributed by atoms with Gasteiger partial charge in [0.2, 0.25) is 0 Å². The highest BCUT2D eigenvalue weighted by atomic mass is 35.5. The Morgan fingerprint density at radius 3 is 2.90 bits per heavy atom. The van der Waals surface area contributed by atoms with Crippen LogP contribution in [0.3, 0.4) is 0 Å². The molecule has 2 aromatic rings. The molecule has 0 aliphatic heterocycles. The molecular weight excluding hydrogens is 292 g/mol. The molecule has 114 valence electrons. The van der Waals surface area contributed by atoms with Gasteiger partial charge in [0.25, 0.3) is 5.56 Å². The van der Waals surface area contributed by atoms with Crippen LogP contribution in [0.25, 0.3) is 0 Å². The minimum atomic E-state index is -0.296. The van der Waals surface area contributed by atoms with Crippen LogP contribution in [0, 0.1) is 0 Å². The van der Waals surface area contributed by atoms with Gasteiger partial charge in [-0.15, -0.1) is 0 Å². The van der Waals surface area contributed by atoms with Crippen LogP contribution in [0.4, 0.5) is 5.69 Å². The number of nitrogens with one attached hydrogen (secondary N) is 1. The molecule has 7 heteroatoms. The summed E-state index contributed by atoms with van der Waals surface area (Å²) in [7, 11) is 3.88. The topological polar surface area (TPSA) is 63.3 Å². The summed E-state index contributed by atoms with van der Waals surface area (Å²) >= 11 is 6.14. The molecule has 2 aromatic heterocycles. The lowest BCUT2D eigenvalue weighted by Gasteiger charge is -2.15. The first-order valence-electron chi connectivity index (χ1n) is 6.69. The predicted octanol–water partition coefficient (Wildman–Crippen LogP) is 2.22. The highest BCUT2D eigenvalue weighted by molar-refractivity contribution is 6.32. The number of aromatic nitrogens is 2. The lowest BCUT2D eigenvalue weighted by molar-refractivity contribution is 0.367. The van der Waals surface area contributed by atoms with E-state index in [0.717, 1.165) is 12.3 Å². The molecule has 0 saturated heterocycles. The molecule has 6 nitrogen and oxygen atoms in total. The maximum atomic E-state index is 12.2. The fraction of sp³-hybridized carbons (Fsp3) is 0.429. The Morgan fingerprint density at radius 2 is 2.29 bits per heavy atom. The van der Waals surface area contributed by atoms with Gasteiger partial charge in [0, 0.05) is 6.54 Å². The Bertz CT molecular complexity index is 637. The number of nitrogens with zero attached hydrogens (tertiary/aromatic N) is 3. The molecule has 0 amide bonds. The number of rotatable bonds is 6. The third-order valence-corrected chi connectivity index (χ3v) is 3.45. The Morgan fingerprint density at radius 1 is 1.52 bits per heavy atom. The van der Waals surface area contributed by atoms with Gasteiger partial charge in [-0.2, -0.15) is 5.10 Å². The fourth-order valence-electron chi connectivity index (χ4n) is 1.86. The monoisotopic (exact) mass is 310 g/mol. The smallest absolute Gasteiger partial charge is 0.287 e. The van der Waals surface area contributed by atoms with Gasteiger partial charge in [-0.1, -0.05) is 11.6 Å². The minimum absolute atomic E-state index is 0.101. The molecule has 2 rings (SSSR count). The van der Waals surface area contributed by atoms with Gasteiger partial charge in [0.15, 0.2) is 0 Å². The normalized spacial score (nSPS) is 12.6. The van der Waals surface area contributed by atoms with Gasteiger partial charge < -0.3 is 14.6 Å². The average molecular weight is 311 g/mol. The van der Waals surface area contributed by atoms with E-state index in [1.807, 2.05) is 38.1 Å². The summed E-state index contributed by atoms with van der Waals surface area (Å²) in [5, 5.41) is 7.42. The van der Waals surface area contributed by atoms with E-state index in [0.29, 0.717) is 12.2 Å². The molecule has 0 aliphatic rings. The SMILES string of the molecule is CC(Nc1cnn(CCN(C)C)c(=O)c1Cl)c1ccco1. The summed E-state index contributed by atoms with van der Waals surface area (Å²) in [5.41, 5.74) is 0.210. The zero-order valence-corrected chi connectivity index (χ0v) is 13.1. The summed E-state index contributed by atoms with van der Waals surface area (Å²) in [4.78, 5) is 14.1. The molecule has 0 spiro atoms. The van der Waals surface area contributed by atoms with Crippen LogP contribution in [0.1, 0.15) is 18.7 Å². The first-order chi connectivity index (χ1) is 9.99. The van der Waals surface area contributed by atoms with Gasteiger partial charge in [0.05, 0.1) is 30.7 Å². The molecule has 1 unspecified atom stereocenters. The molecule has 2 heterocycles. The van der Waals surface area contributed by atoms with Gasteiger partial charge in [-0.3, -0.25) is 4.79 Å². The number of furan rings is 1. The summed E-state index contributed by atoms with van der Waals surface area (Å²) in [6, 6.07) is 3.57. The molecular formula is C14H19ClN4O2. The second-order valence-corrected chi connectivity index (χ2v) is 5.46. The number of halogens is 1. The maximum absolute atomic E-state index is 12.2. The molecule has 0 bridgehead atoms. The molecule has 0 fully saturated rings. The predicted molar refractivity (Wildman–Crippen MR) is 82.8 cm³/mol. The van der Waals surface area contributed by atoms with E-state index >= 15 is 0 Å². The zero-order chi connectivity index (χ0) is 15.4. The van der Waals surface area contributed by atoms with Crippen molar-refractivity contribution in [2.75, 3.05) is 26.0 Å². The summed E-state index contributed by atoms with van der Waals surface area (Å²) in [5.74, 6) is 0.767. The van der Waals surface area contributed by atoms with Crippen molar-refractivity contribution in [2.45, 2.75) is 19.5 Å². The quantitative estimate of drug-likeness (QED) is 0.886. The highest BCUT2D eigenvalue weighted by Gasteiger charge is 2.14. The van der Waals surface area contributed by atoms with E-state index in [1.165, 1.54) is 4.68 Å². The van der Waals surface area contributed by atoms with Crippen molar-refractivity contribution in [3.8, 4) is 0 Å². The fourth-order valence-corrected chi connectivity index (χ4v) is 2.06. The average Bonchev–Trinajstić information content (AvgIpc) is 2.97. The minimum Gasteiger partial charge on any atom is -0.467 e. The Hall–Kier alpha value is -1.79. The van der Waals surface area contributed by atoms with E-state index in [1.54, 1.807) is 12.5 Å².